The van der Waals surface area contributed by atoms with Crippen molar-refractivity contribution in [2.75, 3.05) is 5.73 Å². The number of carboxylic acid groups (broad SMARTS) is 1. The summed E-state index contributed by atoms with van der Waals surface area (Å²) in [6.07, 6.45) is 0. The summed E-state index contributed by atoms with van der Waals surface area (Å²) in [6.45, 7) is 5.97. The minimum Gasteiger partial charge on any atom is -0.478 e. The Hall–Kier alpha value is -3.01. The molecule has 3 rings (SSSR count). The maximum Gasteiger partial charge on any atom is 0.337 e. The van der Waals surface area contributed by atoms with E-state index in [2.05, 4.69) is 30.5 Å². The average Bonchev–Trinajstić information content (AvgIpc) is 2.88. The first-order valence-electron chi connectivity index (χ1n) is 7.77. The van der Waals surface area contributed by atoms with Gasteiger partial charge in [-0.2, -0.15) is 0 Å². The fraction of sp³-hybridized carbons (Fsp3) is 0.150. The lowest BCUT2D eigenvalue weighted by Crippen LogP contribution is -2.04. The van der Waals surface area contributed by atoms with Crippen LogP contribution in [0, 0.1) is 20.8 Å². The number of aryl methyl sites for hydroxylation is 3. The van der Waals surface area contributed by atoms with Crippen LogP contribution in [0.5, 0.6) is 0 Å². The number of nitrogen functional groups attached to an aromatic ring is 1. The van der Waals surface area contributed by atoms with Gasteiger partial charge in [-0.15, -0.1) is 0 Å². The van der Waals surface area contributed by atoms with E-state index in [0.29, 0.717) is 5.69 Å². The molecule has 0 bridgehead atoms. The van der Waals surface area contributed by atoms with E-state index in [-0.39, 0.29) is 5.56 Å². The first-order chi connectivity index (χ1) is 11.4. The number of carboxylic acids is 1. The molecule has 0 atom stereocenters. The number of benzene rings is 2. The quantitative estimate of drug-likeness (QED) is 0.705. The molecule has 24 heavy (non-hydrogen) atoms. The number of hydrogen-bond donors (Lipinski definition) is 2. The van der Waals surface area contributed by atoms with Gasteiger partial charge in [-0.3, -0.25) is 0 Å². The minimum atomic E-state index is -1.01. The number of nitrogens with zero attached hydrogens (tertiary/aromatic N) is 1. The minimum absolute atomic E-state index is 0.145. The van der Waals surface area contributed by atoms with Crippen molar-refractivity contribution in [3.63, 3.8) is 0 Å². The molecule has 0 amide bonds. The predicted molar refractivity (Wildman–Crippen MR) is 96.8 cm³/mol. The normalized spacial score (nSPS) is 10.8. The monoisotopic (exact) mass is 320 g/mol. The number of aromatic carboxylic acids is 1. The Morgan fingerprint density at radius 1 is 0.917 bits per heavy atom. The molecule has 0 spiro atoms. The summed E-state index contributed by atoms with van der Waals surface area (Å²) in [4.78, 5) is 11.4. The van der Waals surface area contributed by atoms with E-state index < -0.39 is 5.97 Å². The molecule has 0 saturated carbocycles. The molecule has 0 unspecified atom stereocenters. The van der Waals surface area contributed by atoms with Crippen LogP contribution in [-0.2, 0) is 0 Å². The second-order valence-corrected chi connectivity index (χ2v) is 6.06. The van der Waals surface area contributed by atoms with Crippen LogP contribution in [0.1, 0.15) is 27.3 Å². The summed E-state index contributed by atoms with van der Waals surface area (Å²) < 4.78 is 2.18. The lowest BCUT2D eigenvalue weighted by atomic mass is 9.98. The van der Waals surface area contributed by atoms with E-state index in [4.69, 9.17) is 5.73 Å². The summed E-state index contributed by atoms with van der Waals surface area (Å²) in [5.41, 5.74) is 12.4. The van der Waals surface area contributed by atoms with Gasteiger partial charge >= 0.3 is 5.97 Å². The zero-order chi connectivity index (χ0) is 17.4. The van der Waals surface area contributed by atoms with Crippen LogP contribution in [-0.4, -0.2) is 15.6 Å². The zero-order valence-corrected chi connectivity index (χ0v) is 14.0. The topological polar surface area (TPSA) is 68.2 Å². The number of rotatable bonds is 3. The zero-order valence-electron chi connectivity index (χ0n) is 14.0. The Balaban J connectivity index is 2.05. The average molecular weight is 320 g/mol. The maximum atomic E-state index is 11.4. The Morgan fingerprint density at radius 3 is 2.04 bits per heavy atom. The summed E-state index contributed by atoms with van der Waals surface area (Å²) in [5, 5.41) is 9.31. The summed E-state index contributed by atoms with van der Waals surface area (Å²) in [7, 11) is 0. The molecule has 4 heteroatoms. The van der Waals surface area contributed by atoms with Crippen molar-refractivity contribution in [1.82, 2.24) is 4.57 Å². The molecular formula is C20H20N2O2. The predicted octanol–water partition coefficient (Wildman–Crippen LogP) is 4.35. The van der Waals surface area contributed by atoms with E-state index in [1.807, 2.05) is 37.3 Å². The molecule has 2 aromatic carbocycles. The van der Waals surface area contributed by atoms with Gasteiger partial charge in [0.05, 0.1) is 5.56 Å². The molecule has 0 saturated heterocycles. The van der Waals surface area contributed by atoms with Crippen LogP contribution in [0.3, 0.4) is 0 Å². The second kappa shape index (κ2) is 5.89. The molecule has 0 aliphatic carbocycles. The first kappa shape index (κ1) is 15.9. The number of aromatic nitrogens is 1. The smallest absolute Gasteiger partial charge is 0.337 e. The van der Waals surface area contributed by atoms with Crippen LogP contribution in [0.4, 0.5) is 5.69 Å². The Bertz CT molecular complexity index is 902. The van der Waals surface area contributed by atoms with Crippen LogP contribution in [0.2, 0.25) is 0 Å². The van der Waals surface area contributed by atoms with Gasteiger partial charge in [0.15, 0.2) is 0 Å². The van der Waals surface area contributed by atoms with Crippen molar-refractivity contribution in [3.8, 4) is 16.8 Å². The van der Waals surface area contributed by atoms with Gasteiger partial charge in [-0.1, -0.05) is 12.1 Å². The van der Waals surface area contributed by atoms with Crippen LogP contribution >= 0.6 is 0 Å². The van der Waals surface area contributed by atoms with Crippen LogP contribution < -0.4 is 5.73 Å². The third kappa shape index (κ3) is 2.67. The van der Waals surface area contributed by atoms with E-state index in [1.54, 1.807) is 6.07 Å². The molecule has 4 nitrogen and oxygen atoms in total. The van der Waals surface area contributed by atoms with E-state index in [1.165, 1.54) is 11.4 Å². The highest BCUT2D eigenvalue weighted by Gasteiger charge is 2.13. The fourth-order valence-corrected chi connectivity index (χ4v) is 3.02. The van der Waals surface area contributed by atoms with E-state index in [0.717, 1.165) is 22.4 Å². The Kier molecular flexibility index (Phi) is 3.89. The first-order valence-corrected chi connectivity index (χ1v) is 7.77. The number of carbonyl (C=O) groups is 1. The van der Waals surface area contributed by atoms with Crippen molar-refractivity contribution < 1.29 is 9.90 Å². The van der Waals surface area contributed by atoms with Crippen molar-refractivity contribution in [1.29, 1.82) is 0 Å². The van der Waals surface area contributed by atoms with Crippen LogP contribution in [0.15, 0.2) is 48.5 Å². The van der Waals surface area contributed by atoms with Gasteiger partial charge in [-0.05, 0) is 73.9 Å². The second-order valence-electron chi connectivity index (χ2n) is 6.06. The largest absolute Gasteiger partial charge is 0.478 e. The molecule has 3 N–H and O–H groups in total. The Morgan fingerprint density at radius 2 is 1.50 bits per heavy atom. The molecule has 1 heterocycles. The highest BCUT2D eigenvalue weighted by Crippen LogP contribution is 2.28. The number of nitrogens with two attached hydrogens (primary N) is 1. The Labute approximate surface area is 141 Å². The molecule has 0 aliphatic rings. The van der Waals surface area contributed by atoms with Gasteiger partial charge in [-0.25, -0.2) is 4.79 Å². The van der Waals surface area contributed by atoms with Crippen molar-refractivity contribution in [2.45, 2.75) is 20.8 Å². The van der Waals surface area contributed by atoms with Crippen molar-refractivity contribution in [3.05, 3.63) is 71.0 Å². The third-order valence-corrected chi connectivity index (χ3v) is 4.35. The molecular weight excluding hydrogens is 300 g/mol. The molecule has 0 aliphatic heterocycles. The third-order valence-electron chi connectivity index (χ3n) is 4.35. The molecule has 122 valence electrons. The van der Waals surface area contributed by atoms with Gasteiger partial charge in [0, 0.05) is 22.8 Å². The lowest BCUT2D eigenvalue weighted by molar-refractivity contribution is 0.0698. The summed E-state index contributed by atoms with van der Waals surface area (Å²) in [5.74, 6) is -1.01. The van der Waals surface area contributed by atoms with Gasteiger partial charge < -0.3 is 15.4 Å². The van der Waals surface area contributed by atoms with Gasteiger partial charge in [0.2, 0.25) is 0 Å². The molecule has 1 aromatic heterocycles. The van der Waals surface area contributed by atoms with Gasteiger partial charge in [0.1, 0.15) is 0 Å². The highest BCUT2D eigenvalue weighted by atomic mass is 16.4. The molecule has 0 radical (unpaired) electrons. The summed E-state index contributed by atoms with van der Waals surface area (Å²) >= 11 is 0. The summed E-state index contributed by atoms with van der Waals surface area (Å²) in [6, 6.07) is 15.8. The molecule has 0 fully saturated rings. The molecule has 3 aromatic rings. The van der Waals surface area contributed by atoms with E-state index >= 15 is 0 Å². The fourth-order valence-electron chi connectivity index (χ4n) is 3.02. The van der Waals surface area contributed by atoms with Gasteiger partial charge in [0.25, 0.3) is 0 Å². The highest BCUT2D eigenvalue weighted by molar-refractivity contribution is 5.96. The number of hydrogen-bond acceptors (Lipinski definition) is 2. The SMILES string of the molecule is Cc1cc(-c2ccc(-n3c(C)ccc3C)cc2)cc(C(=O)O)c1N. The number of anilines is 1. The van der Waals surface area contributed by atoms with Crippen molar-refractivity contribution in [2.24, 2.45) is 0 Å². The van der Waals surface area contributed by atoms with Crippen molar-refractivity contribution >= 4 is 11.7 Å². The standard InChI is InChI=1S/C20H20N2O2/c1-12-10-16(11-18(19(12)21)20(23)24)15-6-8-17(9-7-15)22-13(2)4-5-14(22)3/h4-11H,21H2,1-3H3,(H,23,24). The maximum absolute atomic E-state index is 11.4. The van der Waals surface area contributed by atoms with Crippen LogP contribution in [0.25, 0.3) is 16.8 Å². The van der Waals surface area contributed by atoms with E-state index in [9.17, 15) is 9.90 Å². The lowest BCUT2D eigenvalue weighted by Gasteiger charge is -2.12.